The van der Waals surface area contributed by atoms with Gasteiger partial charge in [0.1, 0.15) is 6.61 Å². The van der Waals surface area contributed by atoms with Crippen molar-refractivity contribution in [1.82, 2.24) is 5.32 Å². The number of nitrogens with zero attached hydrogens (tertiary/aromatic N) is 3. The van der Waals surface area contributed by atoms with Crippen LogP contribution in [0.3, 0.4) is 0 Å². The van der Waals surface area contributed by atoms with Crippen molar-refractivity contribution in [2.45, 2.75) is 83.7 Å². The van der Waals surface area contributed by atoms with E-state index >= 15 is 0 Å². The van der Waals surface area contributed by atoms with Crippen LogP contribution < -0.4 is 11.1 Å². The second-order valence-electron chi connectivity index (χ2n) is 16.8. The van der Waals surface area contributed by atoms with E-state index in [2.05, 4.69) is 107 Å². The maximum atomic E-state index is 11.8. The van der Waals surface area contributed by atoms with Gasteiger partial charge in [0.2, 0.25) is 0 Å². The van der Waals surface area contributed by atoms with Crippen LogP contribution in [0.1, 0.15) is 58.6 Å². The second kappa shape index (κ2) is 35.2. The number of azide groups is 1. The molecule has 3 rings (SSSR count). The number of rotatable bonds is 18. The molecular weight excluding hydrogens is 835 g/mol. The van der Waals surface area contributed by atoms with Crippen LogP contribution in [0.2, 0.25) is 36.3 Å². The molecule has 0 bridgehead atoms. The SMILES string of the molecule is CC(C)(C)[Si](C)(C)OC/C=C\CN=[N+]=[N-].CC(C)(C)[Si](C)(C)OC/C=C\CO.NC/C=C\CO.O=C(NC/C=C\CO)OCC1c2ccccc2-c2ccccc21.OC/C=C\CO. The largest absolute Gasteiger partial charge is 0.449 e. The summed E-state index contributed by atoms with van der Waals surface area (Å²) in [5, 5.41) is 47.8. The average molecular weight is 914 g/mol. The zero-order valence-corrected chi connectivity index (χ0v) is 41.5. The third-order valence-corrected chi connectivity index (χ3v) is 19.1. The molecule has 2 aromatic carbocycles. The lowest BCUT2D eigenvalue weighted by Gasteiger charge is -2.35. The number of fused-ring (bicyclic) bond motifs is 3. The smallest absolute Gasteiger partial charge is 0.407 e. The molecule has 0 spiro atoms. The van der Waals surface area contributed by atoms with E-state index in [1.165, 1.54) is 34.4 Å². The predicted octanol–water partition coefficient (Wildman–Crippen LogP) is 8.53. The fourth-order valence-corrected chi connectivity index (χ4v) is 6.48. The summed E-state index contributed by atoms with van der Waals surface area (Å²) in [6.45, 7) is 25.1. The summed E-state index contributed by atoms with van der Waals surface area (Å²) < 4.78 is 17.1. The van der Waals surface area contributed by atoms with Crippen molar-refractivity contribution in [2.75, 3.05) is 72.5 Å². The minimum absolute atomic E-state index is 0.0144. The van der Waals surface area contributed by atoms with E-state index in [1.54, 1.807) is 30.4 Å². The zero-order chi connectivity index (χ0) is 48.2. The van der Waals surface area contributed by atoms with Gasteiger partial charge in [0.05, 0.1) is 46.2 Å². The summed E-state index contributed by atoms with van der Waals surface area (Å²) in [6, 6.07) is 16.5. The second-order valence-corrected chi connectivity index (χ2v) is 26.4. The highest BCUT2D eigenvalue weighted by atomic mass is 28.4. The molecule has 1 amide bonds. The molecule has 2 aromatic rings. The number of nitrogens with one attached hydrogen (secondary N) is 1. The normalized spacial score (nSPS) is 12.6. The summed E-state index contributed by atoms with van der Waals surface area (Å²) in [4.78, 5) is 14.4. The van der Waals surface area contributed by atoms with Gasteiger partial charge in [-0.3, -0.25) is 0 Å². The minimum atomic E-state index is -1.63. The van der Waals surface area contributed by atoms with E-state index in [0.717, 1.165) is 0 Å². The van der Waals surface area contributed by atoms with Crippen molar-refractivity contribution in [1.29, 1.82) is 0 Å². The van der Waals surface area contributed by atoms with Gasteiger partial charge in [-0.1, -0.05) is 156 Å². The number of aliphatic hydroxyl groups excluding tert-OH is 5. The van der Waals surface area contributed by atoms with Crippen LogP contribution in [0.25, 0.3) is 21.6 Å². The highest BCUT2D eigenvalue weighted by Crippen LogP contribution is 2.44. The molecule has 8 N–H and O–H groups in total. The van der Waals surface area contributed by atoms with Crippen molar-refractivity contribution in [3.8, 4) is 11.1 Å². The Hall–Kier alpha value is -4.17. The quantitative estimate of drug-likeness (QED) is 0.0248. The summed E-state index contributed by atoms with van der Waals surface area (Å²) in [5.41, 5.74) is 17.9. The molecule has 354 valence electrons. The number of nitrogens with two attached hydrogens (primary N) is 1. The molecule has 0 heterocycles. The van der Waals surface area contributed by atoms with Gasteiger partial charge >= 0.3 is 6.09 Å². The third kappa shape index (κ3) is 27.6. The highest BCUT2D eigenvalue weighted by molar-refractivity contribution is 6.74. The van der Waals surface area contributed by atoms with Crippen LogP contribution in [0.5, 0.6) is 0 Å². The average Bonchev–Trinajstić information content (AvgIpc) is 3.56. The Bertz CT molecular complexity index is 1640. The number of ether oxygens (including phenoxy) is 1. The molecule has 14 nitrogen and oxygen atoms in total. The van der Waals surface area contributed by atoms with Crippen LogP contribution in [-0.4, -0.2) is 121 Å². The van der Waals surface area contributed by atoms with E-state index in [0.29, 0.717) is 39.5 Å². The number of benzene rings is 2. The summed E-state index contributed by atoms with van der Waals surface area (Å²) in [7, 11) is -3.22. The van der Waals surface area contributed by atoms with E-state index in [9.17, 15) is 4.79 Å². The fraction of sp³-hybridized carbons (Fsp3) is 0.511. The van der Waals surface area contributed by atoms with Crippen molar-refractivity contribution in [3.63, 3.8) is 0 Å². The van der Waals surface area contributed by atoms with Crippen molar-refractivity contribution in [2.24, 2.45) is 10.8 Å². The lowest BCUT2D eigenvalue weighted by Crippen LogP contribution is -2.40. The Morgan fingerprint density at radius 1 is 0.683 bits per heavy atom. The summed E-state index contributed by atoms with van der Waals surface area (Å²) in [6.07, 6.45) is 16.4. The van der Waals surface area contributed by atoms with Gasteiger partial charge in [-0.05, 0) is 64.0 Å². The van der Waals surface area contributed by atoms with Gasteiger partial charge in [0.15, 0.2) is 16.6 Å². The first-order valence-corrected chi connectivity index (χ1v) is 26.9. The van der Waals surface area contributed by atoms with Gasteiger partial charge in [0, 0.05) is 30.5 Å². The van der Waals surface area contributed by atoms with Crippen LogP contribution in [0.4, 0.5) is 4.79 Å². The first-order valence-electron chi connectivity index (χ1n) is 21.1. The molecule has 0 fully saturated rings. The number of alkyl carbamates (subject to hydrolysis) is 1. The van der Waals surface area contributed by atoms with Crippen molar-refractivity contribution in [3.05, 3.63) is 131 Å². The van der Waals surface area contributed by atoms with Gasteiger partial charge in [-0.2, -0.15) is 0 Å². The van der Waals surface area contributed by atoms with E-state index in [4.69, 9.17) is 50.4 Å². The fourth-order valence-electron chi connectivity index (χ4n) is 4.58. The number of aliphatic hydroxyl groups is 5. The molecular formula is C47H79N5O9Si2. The maximum absolute atomic E-state index is 11.8. The first-order chi connectivity index (χ1) is 29.8. The molecule has 63 heavy (non-hydrogen) atoms. The molecule has 0 saturated carbocycles. The molecule has 0 radical (unpaired) electrons. The number of hydrogen-bond acceptors (Lipinski definition) is 11. The van der Waals surface area contributed by atoms with Gasteiger partial charge in [-0.15, -0.1) is 0 Å². The minimum Gasteiger partial charge on any atom is -0.449 e. The molecule has 16 heteroatoms. The predicted molar refractivity (Wildman–Crippen MR) is 264 cm³/mol. The Morgan fingerprint density at radius 2 is 1.08 bits per heavy atom. The zero-order valence-electron chi connectivity index (χ0n) is 39.5. The molecule has 0 aromatic heterocycles. The Balaban J connectivity index is 0. The van der Waals surface area contributed by atoms with Crippen LogP contribution >= 0.6 is 0 Å². The van der Waals surface area contributed by atoms with E-state index in [-0.39, 0.29) is 49.0 Å². The van der Waals surface area contributed by atoms with Crippen LogP contribution in [0, 0.1) is 0 Å². The lowest BCUT2D eigenvalue weighted by molar-refractivity contribution is 0.144. The molecule has 1 aliphatic carbocycles. The van der Waals surface area contributed by atoms with Crippen LogP contribution in [-0.2, 0) is 13.6 Å². The Kier molecular flexibility index (Phi) is 34.1. The standard InChI is InChI=1S/C19H19NO3.C10H21N3OSi.C10H22O2Si.C4H9NO.C4H8O2/c21-12-6-5-11-20-19(22)23-13-18-16-9-3-1-7-14(16)15-8-2-4-10-17(15)18;1-10(2,3)15(4,5)14-9-7-6-8-12-13-11;1-10(2,3)13(4,5)12-9-7-6-8-11;2*5-3-1-2-4-6/h1-10,18,21H,11-13H2,(H,20,22);6-7H,8-9H2,1-5H3;6-7,11H,8-9H2,1-5H3;1-2,6H,3-5H2;1-2,5-6H,3-4H2/b6-5-;2*7-6-;2*2-1-. The van der Waals surface area contributed by atoms with Gasteiger partial charge in [-0.25, -0.2) is 4.79 Å². The number of amides is 1. The molecule has 0 atom stereocenters. The summed E-state index contributed by atoms with van der Waals surface area (Å²) >= 11 is 0. The Morgan fingerprint density at radius 3 is 1.48 bits per heavy atom. The Labute approximate surface area is 379 Å². The number of carbonyl (C=O) groups excluding carboxylic acids is 1. The topological polar surface area (TPSA) is 233 Å². The van der Waals surface area contributed by atoms with Crippen molar-refractivity contribution >= 4 is 22.7 Å². The molecule has 0 unspecified atom stereocenters. The van der Waals surface area contributed by atoms with Gasteiger partial charge < -0.3 is 50.2 Å². The van der Waals surface area contributed by atoms with E-state index in [1.807, 2.05) is 42.5 Å². The molecule has 0 aliphatic heterocycles. The third-order valence-electron chi connectivity index (χ3n) is 10.1. The van der Waals surface area contributed by atoms with E-state index < -0.39 is 22.7 Å². The monoisotopic (exact) mass is 914 g/mol. The number of hydrogen-bond donors (Lipinski definition) is 7. The lowest BCUT2D eigenvalue weighted by atomic mass is 9.98. The molecule has 1 aliphatic rings. The maximum Gasteiger partial charge on any atom is 0.407 e. The summed E-state index contributed by atoms with van der Waals surface area (Å²) in [5.74, 6) is 0.0705. The van der Waals surface area contributed by atoms with Gasteiger partial charge in [0.25, 0.3) is 0 Å². The number of carbonyl (C=O) groups is 1. The molecule has 0 saturated heterocycles. The first kappa shape index (κ1) is 60.9. The highest BCUT2D eigenvalue weighted by Gasteiger charge is 2.37. The van der Waals surface area contributed by atoms with Crippen LogP contribution in [0.15, 0.2) is 114 Å². The van der Waals surface area contributed by atoms with Crippen molar-refractivity contribution < 1.29 is 43.9 Å².